The molecule has 0 bridgehead atoms. The molecule has 0 atom stereocenters. The van der Waals surface area contributed by atoms with Crippen molar-refractivity contribution in [3.63, 3.8) is 0 Å². The number of aromatic nitrogens is 3. The number of nitrogens with one attached hydrogen (secondary N) is 1. The third-order valence-electron chi connectivity index (χ3n) is 5.15. The van der Waals surface area contributed by atoms with Gasteiger partial charge in [-0.25, -0.2) is 15.0 Å². The number of thiazole rings is 1. The molecule has 27 heavy (non-hydrogen) atoms. The molecule has 4 rings (SSSR count). The highest BCUT2D eigenvalue weighted by atomic mass is 32.1. The van der Waals surface area contributed by atoms with Gasteiger partial charge in [0.2, 0.25) is 0 Å². The smallest absolute Gasteiger partial charge is 0.367 e. The number of nitrogens with zero attached hydrogens (tertiary/aromatic N) is 4. The fraction of sp³-hybridized carbons (Fsp3) is 0.611. The van der Waals surface area contributed by atoms with Crippen molar-refractivity contribution >= 4 is 17.2 Å². The number of hydrogen-bond donors (Lipinski definition) is 1. The molecule has 0 aromatic carbocycles. The normalized spacial score (nSPS) is 19.1. The second-order valence-corrected chi connectivity index (χ2v) is 8.33. The molecule has 146 valence electrons. The number of likely N-dealkylation sites (tertiary alicyclic amines) is 1. The zero-order valence-electron chi connectivity index (χ0n) is 14.9. The summed E-state index contributed by atoms with van der Waals surface area (Å²) < 4.78 is 38.3. The fourth-order valence-electron chi connectivity index (χ4n) is 3.70. The first kappa shape index (κ1) is 18.6. The number of alkyl halides is 3. The van der Waals surface area contributed by atoms with Gasteiger partial charge in [0.25, 0.3) is 0 Å². The van der Waals surface area contributed by atoms with Gasteiger partial charge in [-0.1, -0.05) is 0 Å². The highest BCUT2D eigenvalue weighted by molar-refractivity contribution is 7.11. The Labute approximate surface area is 160 Å². The highest BCUT2D eigenvalue weighted by Crippen LogP contribution is 2.29. The van der Waals surface area contributed by atoms with E-state index in [9.17, 15) is 13.2 Å². The Hall–Kier alpha value is -1.74. The molecule has 2 aromatic rings. The molecule has 1 N–H and O–H groups in total. The van der Waals surface area contributed by atoms with Crippen molar-refractivity contribution in [1.82, 2.24) is 19.9 Å². The highest BCUT2D eigenvalue weighted by Gasteiger charge is 2.33. The Kier molecular flexibility index (Phi) is 5.32. The minimum atomic E-state index is -4.45. The molecule has 2 aromatic heterocycles. The summed E-state index contributed by atoms with van der Waals surface area (Å²) in [5.74, 6) is 0.239. The molecule has 0 amide bonds. The van der Waals surface area contributed by atoms with E-state index in [-0.39, 0.29) is 11.9 Å². The lowest BCUT2D eigenvalue weighted by Gasteiger charge is -2.32. The number of halogens is 3. The van der Waals surface area contributed by atoms with Crippen LogP contribution in [0.5, 0.6) is 0 Å². The zero-order valence-corrected chi connectivity index (χ0v) is 15.7. The van der Waals surface area contributed by atoms with Crippen LogP contribution in [0.3, 0.4) is 0 Å². The fourth-order valence-corrected chi connectivity index (χ4v) is 4.90. The summed E-state index contributed by atoms with van der Waals surface area (Å²) in [5, 5.41) is 4.32. The SMILES string of the molecule is FC(F)(F)c1cc(NC2CCN(Cc3nc4c(s3)CCCC4)CC2)ncn1. The number of hydrogen-bond acceptors (Lipinski definition) is 6. The van der Waals surface area contributed by atoms with Crippen molar-refractivity contribution in [2.45, 2.75) is 57.3 Å². The Morgan fingerprint density at radius 1 is 1.15 bits per heavy atom. The molecule has 5 nitrogen and oxygen atoms in total. The zero-order chi connectivity index (χ0) is 18.9. The average molecular weight is 397 g/mol. The summed E-state index contributed by atoms with van der Waals surface area (Å²) in [4.78, 5) is 15.9. The van der Waals surface area contributed by atoms with Gasteiger partial charge >= 0.3 is 6.18 Å². The van der Waals surface area contributed by atoms with Crippen molar-refractivity contribution in [2.75, 3.05) is 18.4 Å². The maximum Gasteiger partial charge on any atom is 0.433 e. The van der Waals surface area contributed by atoms with Crippen molar-refractivity contribution in [2.24, 2.45) is 0 Å². The van der Waals surface area contributed by atoms with Crippen molar-refractivity contribution < 1.29 is 13.2 Å². The third kappa shape index (κ3) is 4.57. The van der Waals surface area contributed by atoms with Crippen molar-refractivity contribution in [3.8, 4) is 0 Å². The van der Waals surface area contributed by atoms with Crippen LogP contribution in [0.1, 0.15) is 47.0 Å². The van der Waals surface area contributed by atoms with Gasteiger partial charge in [-0.05, 0) is 38.5 Å². The maximum absolute atomic E-state index is 12.8. The first-order valence-corrected chi connectivity index (χ1v) is 10.1. The molecule has 3 heterocycles. The standard InChI is InChI=1S/C18H22F3N5S/c19-18(20,21)15-9-16(23-11-22-15)24-12-5-7-26(8-6-12)10-17-25-13-3-1-2-4-14(13)27-17/h9,11-12H,1-8,10H2,(H,22,23,24). The molecule has 0 saturated carbocycles. The molecule has 9 heteroatoms. The lowest BCUT2D eigenvalue weighted by Crippen LogP contribution is -2.38. The Bertz CT molecular complexity index is 760. The Morgan fingerprint density at radius 2 is 1.93 bits per heavy atom. The molecule has 1 fully saturated rings. The van der Waals surface area contributed by atoms with Crippen LogP contribution in [0.25, 0.3) is 0 Å². The van der Waals surface area contributed by atoms with Gasteiger partial charge in [-0.2, -0.15) is 13.2 Å². The molecule has 2 aliphatic rings. The van der Waals surface area contributed by atoms with Gasteiger partial charge in [0, 0.05) is 30.1 Å². The number of fused-ring (bicyclic) bond motifs is 1. The van der Waals surface area contributed by atoms with E-state index in [0.717, 1.165) is 57.7 Å². The average Bonchev–Trinajstić information content (AvgIpc) is 3.05. The molecule has 1 aliphatic carbocycles. The Morgan fingerprint density at radius 3 is 2.67 bits per heavy atom. The molecule has 1 aliphatic heterocycles. The minimum absolute atomic E-state index is 0.127. The van der Waals surface area contributed by atoms with Crippen LogP contribution >= 0.6 is 11.3 Å². The molecule has 0 unspecified atom stereocenters. The predicted octanol–water partition coefficient (Wildman–Crippen LogP) is 3.91. The minimum Gasteiger partial charge on any atom is -0.367 e. The summed E-state index contributed by atoms with van der Waals surface area (Å²) in [6, 6.07) is 1.11. The van der Waals surface area contributed by atoms with Crippen LogP contribution in [-0.2, 0) is 25.6 Å². The maximum atomic E-state index is 12.8. The molecular weight excluding hydrogens is 375 g/mol. The summed E-state index contributed by atoms with van der Waals surface area (Å²) in [5.41, 5.74) is 0.382. The summed E-state index contributed by atoms with van der Waals surface area (Å²) in [6.07, 6.45) is 3.04. The second kappa shape index (κ2) is 7.71. The second-order valence-electron chi connectivity index (χ2n) is 7.17. The summed E-state index contributed by atoms with van der Waals surface area (Å²) in [7, 11) is 0. The van der Waals surface area contributed by atoms with Crippen LogP contribution < -0.4 is 5.32 Å². The van der Waals surface area contributed by atoms with Crippen LogP contribution in [-0.4, -0.2) is 39.0 Å². The first-order chi connectivity index (χ1) is 13.0. The van der Waals surface area contributed by atoms with Gasteiger partial charge in [0.15, 0.2) is 0 Å². The van der Waals surface area contributed by atoms with E-state index in [2.05, 4.69) is 20.2 Å². The molecular formula is C18H22F3N5S. The van der Waals surface area contributed by atoms with Crippen LogP contribution in [0.4, 0.5) is 19.0 Å². The van der Waals surface area contributed by atoms with E-state index in [1.54, 1.807) is 0 Å². The van der Waals surface area contributed by atoms with E-state index in [1.165, 1.54) is 28.4 Å². The third-order valence-corrected chi connectivity index (χ3v) is 6.29. The van der Waals surface area contributed by atoms with Gasteiger partial charge in [-0.15, -0.1) is 11.3 Å². The van der Waals surface area contributed by atoms with Gasteiger partial charge in [0.1, 0.15) is 22.8 Å². The molecule has 0 radical (unpaired) electrons. The summed E-state index contributed by atoms with van der Waals surface area (Å²) in [6.45, 7) is 2.67. The van der Waals surface area contributed by atoms with Gasteiger partial charge < -0.3 is 5.32 Å². The predicted molar refractivity (Wildman–Crippen MR) is 97.7 cm³/mol. The largest absolute Gasteiger partial charge is 0.433 e. The number of aryl methyl sites for hydroxylation is 2. The lowest BCUT2D eigenvalue weighted by molar-refractivity contribution is -0.141. The molecule has 0 spiro atoms. The van der Waals surface area contributed by atoms with E-state index in [0.29, 0.717) is 0 Å². The monoisotopic (exact) mass is 397 g/mol. The topological polar surface area (TPSA) is 53.9 Å². The lowest BCUT2D eigenvalue weighted by atomic mass is 10.0. The van der Waals surface area contributed by atoms with Crippen LogP contribution in [0.2, 0.25) is 0 Å². The van der Waals surface area contributed by atoms with E-state index >= 15 is 0 Å². The Balaban J connectivity index is 1.30. The summed E-state index contributed by atoms with van der Waals surface area (Å²) >= 11 is 1.84. The van der Waals surface area contributed by atoms with Crippen molar-refractivity contribution in [3.05, 3.63) is 33.7 Å². The van der Waals surface area contributed by atoms with Crippen LogP contribution in [0.15, 0.2) is 12.4 Å². The van der Waals surface area contributed by atoms with Crippen LogP contribution in [0, 0.1) is 0 Å². The van der Waals surface area contributed by atoms with Gasteiger partial charge in [0.05, 0.1) is 12.2 Å². The quantitative estimate of drug-likeness (QED) is 0.848. The van der Waals surface area contributed by atoms with Crippen molar-refractivity contribution in [1.29, 1.82) is 0 Å². The van der Waals surface area contributed by atoms with E-state index < -0.39 is 11.9 Å². The van der Waals surface area contributed by atoms with Gasteiger partial charge in [-0.3, -0.25) is 4.90 Å². The molecule has 1 saturated heterocycles. The van der Waals surface area contributed by atoms with E-state index in [1.807, 2.05) is 11.3 Å². The number of piperidine rings is 1. The number of rotatable bonds is 4. The van der Waals surface area contributed by atoms with E-state index in [4.69, 9.17) is 4.98 Å². The first-order valence-electron chi connectivity index (χ1n) is 9.33. The number of anilines is 1.